The Morgan fingerprint density at radius 2 is 1.83 bits per heavy atom. The van der Waals surface area contributed by atoms with Gasteiger partial charge in [-0.3, -0.25) is 5.73 Å². The van der Waals surface area contributed by atoms with Crippen molar-refractivity contribution in [3.63, 3.8) is 0 Å². The molecule has 0 aliphatic carbocycles. The summed E-state index contributed by atoms with van der Waals surface area (Å²) < 4.78 is 8.64. The number of carbonyl (C=O) groups is 2. The van der Waals surface area contributed by atoms with Crippen LogP contribution in [-0.4, -0.2) is 25.0 Å². The van der Waals surface area contributed by atoms with Crippen molar-refractivity contribution in [2.45, 2.75) is 12.6 Å². The van der Waals surface area contributed by atoms with Crippen LogP contribution in [0.5, 0.6) is 0 Å². The van der Waals surface area contributed by atoms with E-state index in [0.29, 0.717) is 0 Å². The Morgan fingerprint density at radius 1 is 1.25 bits per heavy atom. The van der Waals surface area contributed by atoms with Crippen LogP contribution in [0, 0.1) is 0 Å². The molecule has 0 aromatic rings. The van der Waals surface area contributed by atoms with Gasteiger partial charge in [0.15, 0.2) is 6.23 Å². The van der Waals surface area contributed by atoms with E-state index in [1.54, 1.807) is 0 Å². The summed E-state index contributed by atoms with van der Waals surface area (Å²) in [6.07, 6.45) is -2.59. The lowest BCUT2D eigenvalue weighted by Crippen LogP contribution is -2.31. The summed E-state index contributed by atoms with van der Waals surface area (Å²) in [5.74, 6) is 0. The Balaban J connectivity index is 3.37. The molecule has 0 spiro atoms. The number of hydrogen-bond acceptors (Lipinski definition) is 5. The van der Waals surface area contributed by atoms with Crippen LogP contribution >= 0.6 is 0 Å². The number of amides is 2. The molecular weight excluding hydrogens is 166 g/mol. The first kappa shape index (κ1) is 10.5. The van der Waals surface area contributed by atoms with Crippen LogP contribution in [-0.2, 0) is 9.47 Å². The highest BCUT2D eigenvalue weighted by Crippen LogP contribution is 1.91. The van der Waals surface area contributed by atoms with Crippen LogP contribution in [0.25, 0.3) is 0 Å². The number of primary amides is 2. The van der Waals surface area contributed by atoms with Crippen LogP contribution in [0.1, 0.15) is 6.42 Å². The highest BCUT2D eigenvalue weighted by Gasteiger charge is 2.06. The first-order valence-corrected chi connectivity index (χ1v) is 3.16. The van der Waals surface area contributed by atoms with Crippen molar-refractivity contribution in [2.24, 2.45) is 17.2 Å². The fourth-order valence-electron chi connectivity index (χ4n) is 0.484. The van der Waals surface area contributed by atoms with Crippen molar-refractivity contribution in [1.29, 1.82) is 0 Å². The van der Waals surface area contributed by atoms with E-state index in [4.69, 9.17) is 5.73 Å². The van der Waals surface area contributed by atoms with Gasteiger partial charge < -0.3 is 20.9 Å². The molecule has 0 radical (unpaired) electrons. The van der Waals surface area contributed by atoms with Gasteiger partial charge in [0.1, 0.15) is 0 Å². The quantitative estimate of drug-likeness (QED) is 0.466. The third-order valence-corrected chi connectivity index (χ3v) is 0.914. The first-order chi connectivity index (χ1) is 5.52. The fraction of sp³-hybridized carbons (Fsp3) is 0.600. The Bertz CT molecular complexity index is 172. The lowest BCUT2D eigenvalue weighted by Gasteiger charge is -2.09. The maximum absolute atomic E-state index is 10.1. The summed E-state index contributed by atoms with van der Waals surface area (Å²) in [7, 11) is 0. The van der Waals surface area contributed by atoms with Crippen LogP contribution in [0.15, 0.2) is 0 Å². The Labute approximate surface area is 68.8 Å². The fourth-order valence-corrected chi connectivity index (χ4v) is 0.484. The lowest BCUT2D eigenvalue weighted by atomic mass is 10.4. The monoisotopic (exact) mass is 177 g/mol. The zero-order valence-electron chi connectivity index (χ0n) is 6.36. The van der Waals surface area contributed by atoms with Gasteiger partial charge in [-0.05, 0) is 0 Å². The van der Waals surface area contributed by atoms with E-state index in [1.165, 1.54) is 0 Å². The third-order valence-electron chi connectivity index (χ3n) is 0.914. The zero-order chi connectivity index (χ0) is 9.56. The molecule has 2 amide bonds. The van der Waals surface area contributed by atoms with Gasteiger partial charge in [0.05, 0.1) is 6.61 Å². The second kappa shape index (κ2) is 5.19. The largest absolute Gasteiger partial charge is 0.450 e. The summed E-state index contributed by atoms with van der Waals surface area (Å²) in [4.78, 5) is 20.1. The predicted octanol–water partition coefficient (Wildman–Crippen LogP) is -1.15. The molecule has 0 aliphatic rings. The van der Waals surface area contributed by atoms with Crippen molar-refractivity contribution in [1.82, 2.24) is 0 Å². The van der Waals surface area contributed by atoms with Gasteiger partial charge >= 0.3 is 12.2 Å². The van der Waals surface area contributed by atoms with E-state index in [-0.39, 0.29) is 13.0 Å². The average Bonchev–Trinajstić information content (AvgIpc) is 1.84. The van der Waals surface area contributed by atoms with Crippen molar-refractivity contribution in [3.05, 3.63) is 0 Å². The third kappa shape index (κ3) is 6.62. The summed E-state index contributed by atoms with van der Waals surface area (Å²) in [6, 6.07) is 0. The van der Waals surface area contributed by atoms with E-state index < -0.39 is 18.4 Å². The van der Waals surface area contributed by atoms with Crippen LogP contribution < -0.4 is 17.2 Å². The van der Waals surface area contributed by atoms with Gasteiger partial charge in [0.2, 0.25) is 0 Å². The van der Waals surface area contributed by atoms with Crippen molar-refractivity contribution in [3.8, 4) is 0 Å². The first-order valence-electron chi connectivity index (χ1n) is 3.16. The Hall–Kier alpha value is -1.50. The minimum atomic E-state index is -0.971. The van der Waals surface area contributed by atoms with Crippen molar-refractivity contribution < 1.29 is 19.1 Å². The highest BCUT2D eigenvalue weighted by molar-refractivity contribution is 5.65. The standard InChI is InChI=1S/C5H11N3O4/c6-3(12-5(8)10)1-2-11-4(7)9/h3H,1-2,6H2,(H2,7,9)(H2,8,10)/t3-/m0/s1. The van der Waals surface area contributed by atoms with Crippen molar-refractivity contribution >= 4 is 12.2 Å². The van der Waals surface area contributed by atoms with E-state index in [1.807, 2.05) is 0 Å². The molecule has 0 rings (SSSR count). The Kier molecular flexibility index (Phi) is 4.54. The second-order valence-corrected chi connectivity index (χ2v) is 1.93. The molecule has 0 fully saturated rings. The van der Waals surface area contributed by atoms with Gasteiger partial charge in [-0.1, -0.05) is 0 Å². The lowest BCUT2D eigenvalue weighted by molar-refractivity contribution is 0.0845. The molecule has 0 saturated heterocycles. The maximum atomic E-state index is 10.1. The molecule has 0 saturated carbocycles. The predicted molar refractivity (Wildman–Crippen MR) is 38.8 cm³/mol. The Morgan fingerprint density at radius 3 is 2.25 bits per heavy atom. The number of carbonyl (C=O) groups excluding carboxylic acids is 2. The molecule has 7 heteroatoms. The SMILES string of the molecule is NC(=O)OCC[C@@H](N)OC(N)=O. The van der Waals surface area contributed by atoms with Crippen LogP contribution in [0.2, 0.25) is 0 Å². The second-order valence-electron chi connectivity index (χ2n) is 1.93. The number of ether oxygens (including phenoxy) is 2. The zero-order valence-corrected chi connectivity index (χ0v) is 6.36. The molecule has 70 valence electrons. The number of hydrogen-bond donors (Lipinski definition) is 3. The molecule has 0 aromatic carbocycles. The molecule has 0 unspecified atom stereocenters. The van der Waals surface area contributed by atoms with E-state index in [2.05, 4.69) is 20.9 Å². The van der Waals surface area contributed by atoms with Gasteiger partial charge in [0, 0.05) is 6.42 Å². The van der Waals surface area contributed by atoms with Crippen LogP contribution in [0.4, 0.5) is 9.59 Å². The molecule has 7 nitrogen and oxygen atoms in total. The number of nitrogens with two attached hydrogens (primary N) is 3. The van der Waals surface area contributed by atoms with E-state index in [9.17, 15) is 9.59 Å². The molecule has 0 aliphatic heterocycles. The minimum absolute atomic E-state index is 0.0101. The maximum Gasteiger partial charge on any atom is 0.406 e. The molecule has 6 N–H and O–H groups in total. The summed E-state index contributed by atoms with van der Waals surface area (Å²) >= 11 is 0. The normalized spacial score (nSPS) is 11.8. The van der Waals surface area contributed by atoms with E-state index >= 15 is 0 Å². The smallest absolute Gasteiger partial charge is 0.406 e. The molecule has 0 heterocycles. The molecule has 0 aromatic heterocycles. The summed E-state index contributed by atoms with van der Waals surface area (Å²) in [5, 5.41) is 0. The average molecular weight is 177 g/mol. The van der Waals surface area contributed by atoms with Gasteiger partial charge in [-0.2, -0.15) is 0 Å². The van der Waals surface area contributed by atoms with E-state index in [0.717, 1.165) is 0 Å². The summed E-state index contributed by atoms with van der Waals surface area (Å²) in [5.41, 5.74) is 14.5. The van der Waals surface area contributed by atoms with Gasteiger partial charge in [-0.15, -0.1) is 0 Å². The topological polar surface area (TPSA) is 131 Å². The van der Waals surface area contributed by atoms with Crippen LogP contribution in [0.3, 0.4) is 0 Å². The summed E-state index contributed by atoms with van der Waals surface area (Å²) in [6.45, 7) is -0.0101. The molecule has 12 heavy (non-hydrogen) atoms. The molecular formula is C5H11N3O4. The van der Waals surface area contributed by atoms with Gasteiger partial charge in [0.25, 0.3) is 0 Å². The van der Waals surface area contributed by atoms with Gasteiger partial charge in [-0.25, -0.2) is 9.59 Å². The molecule has 0 bridgehead atoms. The highest BCUT2D eigenvalue weighted by atomic mass is 16.6. The molecule has 1 atom stereocenters. The van der Waals surface area contributed by atoms with Crippen molar-refractivity contribution in [2.75, 3.05) is 6.61 Å². The number of rotatable bonds is 4. The minimum Gasteiger partial charge on any atom is -0.450 e.